The molecular formula is C14H30N2O. The largest absolute Gasteiger partial charge is 0.370 e. The number of morpholine rings is 1. The van der Waals surface area contributed by atoms with Gasteiger partial charge in [-0.1, -0.05) is 13.8 Å². The Labute approximate surface area is 107 Å². The van der Waals surface area contributed by atoms with Gasteiger partial charge in [-0.15, -0.1) is 0 Å². The molecule has 0 bridgehead atoms. The van der Waals surface area contributed by atoms with Crippen molar-refractivity contribution < 1.29 is 4.74 Å². The molecule has 0 aromatic carbocycles. The molecule has 1 aliphatic rings. The van der Waals surface area contributed by atoms with E-state index >= 15 is 0 Å². The van der Waals surface area contributed by atoms with Gasteiger partial charge < -0.3 is 10.1 Å². The minimum Gasteiger partial charge on any atom is -0.370 e. The maximum atomic E-state index is 5.96. The molecule has 0 amide bonds. The Morgan fingerprint density at radius 2 is 2.06 bits per heavy atom. The van der Waals surface area contributed by atoms with Crippen LogP contribution >= 0.6 is 0 Å². The summed E-state index contributed by atoms with van der Waals surface area (Å²) >= 11 is 0. The van der Waals surface area contributed by atoms with E-state index in [9.17, 15) is 0 Å². The Balaban J connectivity index is 2.52. The lowest BCUT2D eigenvalue weighted by Gasteiger charge is -2.45. The second-order valence-corrected chi connectivity index (χ2v) is 6.14. The molecule has 0 spiro atoms. The lowest BCUT2D eigenvalue weighted by atomic mass is 9.97. The van der Waals surface area contributed by atoms with Gasteiger partial charge in [-0.2, -0.15) is 0 Å². The number of ether oxygens (including phenoxy) is 1. The second-order valence-electron chi connectivity index (χ2n) is 6.14. The Bertz CT molecular complexity index is 230. The molecular weight excluding hydrogens is 212 g/mol. The molecule has 3 heteroatoms. The van der Waals surface area contributed by atoms with Gasteiger partial charge in [-0.3, -0.25) is 4.90 Å². The number of hydrogen-bond acceptors (Lipinski definition) is 3. The van der Waals surface area contributed by atoms with Crippen LogP contribution in [-0.2, 0) is 4.74 Å². The Morgan fingerprint density at radius 3 is 2.59 bits per heavy atom. The quantitative estimate of drug-likeness (QED) is 0.799. The maximum Gasteiger partial charge on any atom is 0.0757 e. The van der Waals surface area contributed by atoms with Crippen LogP contribution in [0, 0.1) is 5.92 Å². The van der Waals surface area contributed by atoms with Gasteiger partial charge in [-0.05, 0) is 46.7 Å². The van der Waals surface area contributed by atoms with Gasteiger partial charge in [0, 0.05) is 19.1 Å². The lowest BCUT2D eigenvalue weighted by molar-refractivity contribution is -0.140. The molecule has 0 aromatic rings. The van der Waals surface area contributed by atoms with Crippen molar-refractivity contribution in [1.29, 1.82) is 0 Å². The van der Waals surface area contributed by atoms with Crippen molar-refractivity contribution in [2.24, 2.45) is 5.92 Å². The highest BCUT2D eigenvalue weighted by Gasteiger charge is 2.34. The molecule has 1 aliphatic heterocycles. The molecule has 1 saturated heterocycles. The van der Waals surface area contributed by atoms with Gasteiger partial charge in [-0.25, -0.2) is 0 Å². The van der Waals surface area contributed by atoms with E-state index in [4.69, 9.17) is 4.74 Å². The average molecular weight is 242 g/mol. The van der Waals surface area contributed by atoms with E-state index in [0.717, 1.165) is 26.2 Å². The zero-order valence-corrected chi connectivity index (χ0v) is 12.4. The van der Waals surface area contributed by atoms with Crippen molar-refractivity contribution in [2.75, 3.05) is 26.2 Å². The van der Waals surface area contributed by atoms with Crippen molar-refractivity contribution >= 4 is 0 Å². The second kappa shape index (κ2) is 6.17. The normalized spacial score (nSPS) is 28.9. The fourth-order valence-electron chi connectivity index (χ4n) is 2.72. The van der Waals surface area contributed by atoms with E-state index in [1.807, 2.05) is 0 Å². The third-order valence-corrected chi connectivity index (χ3v) is 3.71. The van der Waals surface area contributed by atoms with Crippen LogP contribution in [0.3, 0.4) is 0 Å². The summed E-state index contributed by atoms with van der Waals surface area (Å²) in [6, 6.07) is 0.611. The predicted octanol–water partition coefficient (Wildman–Crippen LogP) is 2.12. The van der Waals surface area contributed by atoms with E-state index in [-0.39, 0.29) is 5.60 Å². The first-order chi connectivity index (χ1) is 7.85. The zero-order chi connectivity index (χ0) is 13.1. The van der Waals surface area contributed by atoms with Crippen LogP contribution in [0.5, 0.6) is 0 Å². The molecule has 3 unspecified atom stereocenters. The molecule has 102 valence electrons. The van der Waals surface area contributed by atoms with Gasteiger partial charge in [0.2, 0.25) is 0 Å². The number of nitrogens with zero attached hydrogens (tertiary/aromatic N) is 1. The molecule has 0 radical (unpaired) electrons. The third-order valence-electron chi connectivity index (χ3n) is 3.71. The van der Waals surface area contributed by atoms with Crippen LogP contribution in [0.2, 0.25) is 0 Å². The van der Waals surface area contributed by atoms with E-state index in [1.165, 1.54) is 0 Å². The highest BCUT2D eigenvalue weighted by atomic mass is 16.5. The van der Waals surface area contributed by atoms with E-state index in [0.29, 0.717) is 18.1 Å². The standard InChI is InChI=1S/C14H30N2O/c1-7-15-8-11(2)13(4)16-9-12(3)17-14(5,6)10-16/h11-13,15H,7-10H2,1-6H3. The molecule has 3 atom stereocenters. The Hall–Kier alpha value is -0.120. The molecule has 3 nitrogen and oxygen atoms in total. The van der Waals surface area contributed by atoms with E-state index < -0.39 is 0 Å². The zero-order valence-electron chi connectivity index (χ0n) is 12.4. The number of nitrogens with one attached hydrogen (secondary N) is 1. The first-order valence-corrected chi connectivity index (χ1v) is 6.98. The summed E-state index contributed by atoms with van der Waals surface area (Å²) in [6.07, 6.45) is 0.340. The van der Waals surface area contributed by atoms with Crippen LogP contribution in [0.1, 0.15) is 41.5 Å². The topological polar surface area (TPSA) is 24.5 Å². The Morgan fingerprint density at radius 1 is 1.41 bits per heavy atom. The summed E-state index contributed by atoms with van der Waals surface area (Å²) in [5, 5.41) is 3.44. The monoisotopic (exact) mass is 242 g/mol. The molecule has 0 aromatic heterocycles. The van der Waals surface area contributed by atoms with Crippen LogP contribution in [0.25, 0.3) is 0 Å². The minimum absolute atomic E-state index is 0.0101. The van der Waals surface area contributed by atoms with E-state index in [1.54, 1.807) is 0 Å². The molecule has 0 aliphatic carbocycles. The average Bonchev–Trinajstić information content (AvgIpc) is 2.21. The Kier molecular flexibility index (Phi) is 5.42. The maximum absolute atomic E-state index is 5.96. The van der Waals surface area contributed by atoms with Gasteiger partial charge in [0.15, 0.2) is 0 Å². The first-order valence-electron chi connectivity index (χ1n) is 6.98. The number of rotatable bonds is 5. The summed E-state index contributed by atoms with van der Waals surface area (Å²) in [4.78, 5) is 2.58. The van der Waals surface area contributed by atoms with Crippen molar-refractivity contribution in [3.05, 3.63) is 0 Å². The van der Waals surface area contributed by atoms with Gasteiger partial charge in [0.1, 0.15) is 0 Å². The van der Waals surface area contributed by atoms with Crippen molar-refractivity contribution in [2.45, 2.75) is 59.3 Å². The first kappa shape index (κ1) is 14.9. The molecule has 1 N–H and O–H groups in total. The minimum atomic E-state index is -0.0101. The van der Waals surface area contributed by atoms with Crippen molar-refractivity contribution in [3.8, 4) is 0 Å². The fourth-order valence-corrected chi connectivity index (χ4v) is 2.72. The molecule has 1 heterocycles. The number of hydrogen-bond donors (Lipinski definition) is 1. The molecule has 0 saturated carbocycles. The lowest BCUT2D eigenvalue weighted by Crippen LogP contribution is -2.56. The van der Waals surface area contributed by atoms with Crippen LogP contribution in [0.4, 0.5) is 0 Å². The summed E-state index contributed by atoms with van der Waals surface area (Å²) in [5.74, 6) is 0.677. The van der Waals surface area contributed by atoms with Crippen molar-refractivity contribution in [1.82, 2.24) is 10.2 Å². The SMILES string of the molecule is CCNCC(C)C(C)N1CC(C)OC(C)(C)C1. The molecule has 1 rings (SSSR count). The predicted molar refractivity (Wildman–Crippen MR) is 73.4 cm³/mol. The summed E-state index contributed by atoms with van der Waals surface area (Å²) < 4.78 is 5.96. The summed E-state index contributed by atoms with van der Waals surface area (Å²) in [7, 11) is 0. The smallest absolute Gasteiger partial charge is 0.0757 e. The van der Waals surface area contributed by atoms with Gasteiger partial charge in [0.25, 0.3) is 0 Å². The van der Waals surface area contributed by atoms with E-state index in [2.05, 4.69) is 51.8 Å². The molecule has 1 fully saturated rings. The van der Waals surface area contributed by atoms with Crippen molar-refractivity contribution in [3.63, 3.8) is 0 Å². The summed E-state index contributed by atoms with van der Waals surface area (Å²) in [5.41, 5.74) is -0.0101. The van der Waals surface area contributed by atoms with Crippen LogP contribution in [0.15, 0.2) is 0 Å². The van der Waals surface area contributed by atoms with Crippen LogP contribution < -0.4 is 5.32 Å². The van der Waals surface area contributed by atoms with Gasteiger partial charge >= 0.3 is 0 Å². The van der Waals surface area contributed by atoms with Gasteiger partial charge in [0.05, 0.1) is 11.7 Å². The fraction of sp³-hybridized carbons (Fsp3) is 1.00. The third kappa shape index (κ3) is 4.57. The highest BCUT2D eigenvalue weighted by Crippen LogP contribution is 2.24. The van der Waals surface area contributed by atoms with Crippen LogP contribution in [-0.4, -0.2) is 48.8 Å². The highest BCUT2D eigenvalue weighted by molar-refractivity contribution is 4.86. The summed E-state index contributed by atoms with van der Waals surface area (Å²) in [6.45, 7) is 17.7. The molecule has 17 heavy (non-hydrogen) atoms.